The molecule has 1 saturated heterocycles. The van der Waals surface area contributed by atoms with Gasteiger partial charge in [-0.05, 0) is 31.9 Å². The molecule has 1 atom stereocenters. The number of carbonyl (C=O) groups excluding carboxylic acids is 2. The first kappa shape index (κ1) is 15.4. The zero-order valence-electron chi connectivity index (χ0n) is 13.2. The van der Waals surface area contributed by atoms with Crippen molar-refractivity contribution in [1.82, 2.24) is 4.90 Å². The number of hydrogen-bond acceptors (Lipinski definition) is 3. The lowest BCUT2D eigenvalue weighted by atomic mass is 10.1. The lowest BCUT2D eigenvalue weighted by Gasteiger charge is -2.39. The van der Waals surface area contributed by atoms with Gasteiger partial charge in [-0.3, -0.25) is 9.59 Å². The quantitative estimate of drug-likeness (QED) is 0.748. The van der Waals surface area contributed by atoms with E-state index in [9.17, 15) is 9.59 Å². The van der Waals surface area contributed by atoms with Crippen LogP contribution in [0.5, 0.6) is 0 Å². The van der Waals surface area contributed by atoms with Crippen molar-refractivity contribution >= 4 is 29.3 Å². The standard InChI is InChI=1S/C17H22N2O2S/c1-17(16(21)19-11-7-3-4-8-12-19)15(20)18(2)13-9-5-6-10-14(13)22-17/h5-6,9-10H,3-4,7-8,11-12H2,1-2H3/t17-/m0/s1. The Morgan fingerprint density at radius 1 is 1.14 bits per heavy atom. The van der Waals surface area contributed by atoms with E-state index in [-0.39, 0.29) is 11.8 Å². The average molecular weight is 318 g/mol. The molecule has 118 valence electrons. The molecular formula is C17H22N2O2S. The van der Waals surface area contributed by atoms with Crippen LogP contribution in [0.3, 0.4) is 0 Å². The van der Waals surface area contributed by atoms with Crippen molar-refractivity contribution in [2.45, 2.75) is 42.2 Å². The van der Waals surface area contributed by atoms with Crippen molar-refractivity contribution in [2.24, 2.45) is 0 Å². The number of thioether (sulfide) groups is 1. The van der Waals surface area contributed by atoms with E-state index in [1.807, 2.05) is 29.2 Å². The van der Waals surface area contributed by atoms with Gasteiger partial charge in [-0.15, -0.1) is 0 Å². The van der Waals surface area contributed by atoms with Crippen LogP contribution in [-0.4, -0.2) is 41.6 Å². The fraction of sp³-hybridized carbons (Fsp3) is 0.529. The SMILES string of the molecule is CN1C(=O)[C@@](C)(C(=O)N2CCCCCC2)Sc2ccccc21. The molecule has 2 aliphatic heterocycles. The van der Waals surface area contributed by atoms with Crippen LogP contribution in [-0.2, 0) is 9.59 Å². The molecular weight excluding hydrogens is 296 g/mol. The maximum atomic E-state index is 13.1. The van der Waals surface area contributed by atoms with E-state index in [2.05, 4.69) is 0 Å². The zero-order chi connectivity index (χ0) is 15.7. The van der Waals surface area contributed by atoms with Crippen LogP contribution in [0, 0.1) is 0 Å². The Hall–Kier alpha value is -1.49. The molecule has 0 N–H and O–H groups in total. The molecule has 0 saturated carbocycles. The van der Waals surface area contributed by atoms with Gasteiger partial charge in [-0.1, -0.05) is 36.7 Å². The molecule has 4 nitrogen and oxygen atoms in total. The Bertz CT molecular complexity index is 596. The van der Waals surface area contributed by atoms with Gasteiger partial charge in [0.05, 0.1) is 5.69 Å². The van der Waals surface area contributed by atoms with Crippen LogP contribution >= 0.6 is 11.8 Å². The normalized spacial score (nSPS) is 25.6. The number of nitrogens with zero attached hydrogens (tertiary/aromatic N) is 2. The first-order chi connectivity index (χ1) is 10.5. The number of rotatable bonds is 1. The highest BCUT2D eigenvalue weighted by atomic mass is 32.2. The summed E-state index contributed by atoms with van der Waals surface area (Å²) in [6, 6.07) is 7.78. The summed E-state index contributed by atoms with van der Waals surface area (Å²) in [7, 11) is 1.76. The molecule has 5 heteroatoms. The van der Waals surface area contributed by atoms with E-state index in [1.165, 1.54) is 24.6 Å². The van der Waals surface area contributed by atoms with Crippen LogP contribution in [0.2, 0.25) is 0 Å². The van der Waals surface area contributed by atoms with Crippen LogP contribution < -0.4 is 4.90 Å². The molecule has 1 fully saturated rings. The molecule has 1 aromatic rings. The Balaban J connectivity index is 1.91. The number of para-hydroxylation sites is 1. The molecule has 3 rings (SSSR count). The summed E-state index contributed by atoms with van der Waals surface area (Å²) in [6.07, 6.45) is 4.41. The minimum absolute atomic E-state index is 0.0363. The number of fused-ring (bicyclic) bond motifs is 1. The van der Waals surface area contributed by atoms with Gasteiger partial charge >= 0.3 is 0 Å². The molecule has 2 aliphatic rings. The van der Waals surface area contributed by atoms with Crippen molar-refractivity contribution < 1.29 is 9.59 Å². The predicted molar refractivity (Wildman–Crippen MR) is 89.2 cm³/mol. The molecule has 0 unspecified atom stereocenters. The third-order valence-corrected chi connectivity index (χ3v) is 5.88. The molecule has 0 spiro atoms. The third-order valence-electron chi connectivity index (χ3n) is 4.55. The van der Waals surface area contributed by atoms with Crippen molar-refractivity contribution in [3.63, 3.8) is 0 Å². The van der Waals surface area contributed by atoms with E-state index < -0.39 is 4.75 Å². The van der Waals surface area contributed by atoms with Crippen molar-refractivity contribution in [3.05, 3.63) is 24.3 Å². The van der Waals surface area contributed by atoms with Gasteiger partial charge in [0, 0.05) is 25.0 Å². The Labute approximate surface area is 135 Å². The molecule has 0 radical (unpaired) electrons. The summed E-state index contributed by atoms with van der Waals surface area (Å²) in [6.45, 7) is 3.32. The summed E-state index contributed by atoms with van der Waals surface area (Å²) in [5.74, 6) is -0.156. The first-order valence-electron chi connectivity index (χ1n) is 7.89. The molecule has 0 bridgehead atoms. The van der Waals surface area contributed by atoms with Crippen LogP contribution in [0.15, 0.2) is 29.2 Å². The van der Waals surface area contributed by atoms with E-state index in [4.69, 9.17) is 0 Å². The fourth-order valence-corrected chi connectivity index (χ4v) is 4.56. The van der Waals surface area contributed by atoms with E-state index >= 15 is 0 Å². The highest BCUT2D eigenvalue weighted by molar-refractivity contribution is 8.02. The van der Waals surface area contributed by atoms with Gasteiger partial charge in [0.25, 0.3) is 5.91 Å². The van der Waals surface area contributed by atoms with Crippen molar-refractivity contribution in [1.29, 1.82) is 0 Å². The molecule has 1 aromatic carbocycles. The molecule has 0 aliphatic carbocycles. The minimum Gasteiger partial charge on any atom is -0.341 e. The van der Waals surface area contributed by atoms with Gasteiger partial charge in [0.2, 0.25) is 5.91 Å². The Morgan fingerprint density at radius 2 is 1.77 bits per heavy atom. The third kappa shape index (κ3) is 2.51. The Morgan fingerprint density at radius 3 is 2.45 bits per heavy atom. The highest BCUT2D eigenvalue weighted by Gasteiger charge is 2.49. The Kier molecular flexibility index (Phi) is 4.17. The summed E-state index contributed by atoms with van der Waals surface area (Å²) < 4.78 is -1.05. The number of benzene rings is 1. The zero-order valence-corrected chi connectivity index (χ0v) is 14.0. The largest absolute Gasteiger partial charge is 0.341 e. The highest BCUT2D eigenvalue weighted by Crippen LogP contribution is 2.45. The van der Waals surface area contributed by atoms with E-state index in [0.29, 0.717) is 0 Å². The van der Waals surface area contributed by atoms with Gasteiger partial charge in [-0.25, -0.2) is 0 Å². The van der Waals surface area contributed by atoms with E-state index in [1.54, 1.807) is 18.9 Å². The van der Waals surface area contributed by atoms with Gasteiger partial charge in [0.1, 0.15) is 0 Å². The number of carbonyl (C=O) groups is 2. The number of hydrogen-bond donors (Lipinski definition) is 0. The summed E-state index contributed by atoms with van der Waals surface area (Å²) in [5.41, 5.74) is 0.888. The van der Waals surface area contributed by atoms with Crippen LogP contribution in [0.1, 0.15) is 32.6 Å². The second-order valence-corrected chi connectivity index (χ2v) is 7.63. The van der Waals surface area contributed by atoms with Crippen LogP contribution in [0.25, 0.3) is 0 Å². The molecule has 22 heavy (non-hydrogen) atoms. The monoisotopic (exact) mass is 318 g/mol. The summed E-state index contributed by atoms with van der Waals surface area (Å²) >= 11 is 1.40. The first-order valence-corrected chi connectivity index (χ1v) is 8.71. The van der Waals surface area contributed by atoms with Gasteiger partial charge in [0.15, 0.2) is 4.75 Å². The van der Waals surface area contributed by atoms with Gasteiger partial charge in [-0.2, -0.15) is 0 Å². The predicted octanol–water partition coefficient (Wildman–Crippen LogP) is 2.92. The lowest BCUT2D eigenvalue weighted by Crippen LogP contribution is -2.56. The maximum absolute atomic E-state index is 13.1. The maximum Gasteiger partial charge on any atom is 0.252 e. The second-order valence-electron chi connectivity index (χ2n) is 6.17. The fourth-order valence-electron chi connectivity index (χ4n) is 3.22. The minimum atomic E-state index is -1.05. The smallest absolute Gasteiger partial charge is 0.252 e. The van der Waals surface area contributed by atoms with Crippen molar-refractivity contribution in [3.8, 4) is 0 Å². The number of anilines is 1. The van der Waals surface area contributed by atoms with Crippen LogP contribution in [0.4, 0.5) is 5.69 Å². The molecule has 2 amide bonds. The molecule has 2 heterocycles. The number of amides is 2. The summed E-state index contributed by atoms with van der Waals surface area (Å²) in [4.78, 5) is 30.4. The molecule has 0 aromatic heterocycles. The van der Waals surface area contributed by atoms with E-state index in [0.717, 1.165) is 36.5 Å². The number of likely N-dealkylation sites (tertiary alicyclic amines) is 1. The average Bonchev–Trinajstić information content (AvgIpc) is 2.81. The lowest BCUT2D eigenvalue weighted by molar-refractivity contribution is -0.138. The van der Waals surface area contributed by atoms with Crippen molar-refractivity contribution in [2.75, 3.05) is 25.0 Å². The van der Waals surface area contributed by atoms with Gasteiger partial charge < -0.3 is 9.80 Å². The second kappa shape index (κ2) is 5.95. The topological polar surface area (TPSA) is 40.6 Å². The summed E-state index contributed by atoms with van der Waals surface area (Å²) in [5, 5.41) is 0.